The smallest absolute Gasteiger partial charge is 0.314 e. The van der Waals surface area contributed by atoms with Crippen LogP contribution in [0.2, 0.25) is 0 Å². The van der Waals surface area contributed by atoms with Crippen LogP contribution in [0, 0.1) is 5.92 Å². The van der Waals surface area contributed by atoms with Crippen LogP contribution in [0.5, 0.6) is 0 Å². The van der Waals surface area contributed by atoms with Crippen molar-refractivity contribution in [3.8, 4) is 0 Å². The quantitative estimate of drug-likeness (QED) is 0.669. The first-order chi connectivity index (χ1) is 13.6. The molecule has 0 saturated carbocycles. The number of H-pyrrole nitrogens is 1. The Labute approximate surface area is 163 Å². The van der Waals surface area contributed by atoms with Gasteiger partial charge in [0, 0.05) is 22.3 Å². The molecule has 5 rings (SSSR count). The normalized spacial score (nSPS) is 25.4. The Kier molecular flexibility index (Phi) is 3.63. The summed E-state index contributed by atoms with van der Waals surface area (Å²) in [6, 6.07) is 15.7. The van der Waals surface area contributed by atoms with E-state index in [0.717, 1.165) is 33.4 Å². The summed E-state index contributed by atoms with van der Waals surface area (Å²) >= 11 is 0. The van der Waals surface area contributed by atoms with E-state index in [4.69, 9.17) is 4.74 Å². The molecule has 2 N–H and O–H groups in total. The lowest BCUT2D eigenvalue weighted by Crippen LogP contribution is -2.52. The van der Waals surface area contributed by atoms with E-state index < -0.39 is 11.3 Å². The second-order valence-electron chi connectivity index (χ2n) is 7.72. The van der Waals surface area contributed by atoms with Crippen LogP contribution in [-0.2, 0) is 26.2 Å². The minimum Gasteiger partial charge on any atom is -0.465 e. The maximum atomic E-state index is 13.5. The van der Waals surface area contributed by atoms with E-state index in [1.807, 2.05) is 48.5 Å². The van der Waals surface area contributed by atoms with Gasteiger partial charge in [-0.15, -0.1) is 0 Å². The number of para-hydroxylation sites is 2. The molecule has 2 aromatic carbocycles. The summed E-state index contributed by atoms with van der Waals surface area (Å²) in [5.74, 6) is -1.21. The number of benzene rings is 2. The van der Waals surface area contributed by atoms with E-state index in [2.05, 4.69) is 17.2 Å². The first kappa shape index (κ1) is 17.0. The van der Waals surface area contributed by atoms with Crippen LogP contribution in [0.4, 0.5) is 5.69 Å². The predicted octanol–water partition coefficient (Wildman–Crippen LogP) is 3.90. The highest BCUT2D eigenvalue weighted by Gasteiger charge is 2.62. The maximum Gasteiger partial charge on any atom is 0.314 e. The molecule has 0 fully saturated rings. The largest absolute Gasteiger partial charge is 0.465 e. The first-order valence-electron chi connectivity index (χ1n) is 9.76. The molecule has 5 nitrogen and oxygen atoms in total. The lowest BCUT2D eigenvalue weighted by atomic mass is 9.57. The zero-order valence-corrected chi connectivity index (χ0v) is 15.9. The summed E-state index contributed by atoms with van der Waals surface area (Å²) in [5, 5.41) is 4.01. The summed E-state index contributed by atoms with van der Waals surface area (Å²) in [4.78, 5) is 30.3. The fraction of sp³-hybridized carbons (Fsp3) is 0.304. The molecule has 3 atom stereocenters. The molecule has 1 spiro atoms. The van der Waals surface area contributed by atoms with Crippen molar-refractivity contribution in [2.24, 2.45) is 5.92 Å². The van der Waals surface area contributed by atoms with Crippen LogP contribution >= 0.6 is 0 Å². The van der Waals surface area contributed by atoms with E-state index in [9.17, 15) is 9.59 Å². The lowest BCUT2D eigenvalue weighted by Gasteiger charge is -2.43. The van der Waals surface area contributed by atoms with Crippen LogP contribution < -0.4 is 5.32 Å². The third-order valence-corrected chi connectivity index (χ3v) is 6.38. The standard InChI is InChI=1S/C23H22N2O3/c1-3-28-21(26)20-19-14-8-4-6-10-16(14)24-18(19)12-13(2)23(20)15-9-5-7-11-17(15)25-22(23)27/h4-11,13,20,24H,3,12H2,1-2H3,(H,25,27)/t13-,20+,23+/m0/s1. The van der Waals surface area contributed by atoms with Crippen molar-refractivity contribution in [3.05, 3.63) is 65.4 Å². The number of hydrogen-bond donors (Lipinski definition) is 2. The van der Waals surface area contributed by atoms with E-state index in [-0.39, 0.29) is 24.4 Å². The summed E-state index contributed by atoms with van der Waals surface area (Å²) < 4.78 is 5.52. The van der Waals surface area contributed by atoms with Crippen molar-refractivity contribution >= 4 is 28.5 Å². The van der Waals surface area contributed by atoms with E-state index in [0.29, 0.717) is 6.42 Å². The molecule has 0 bridgehead atoms. The number of carbonyl (C=O) groups excluding carboxylic acids is 2. The molecule has 1 aromatic heterocycles. The number of rotatable bonds is 2. The monoisotopic (exact) mass is 374 g/mol. The van der Waals surface area contributed by atoms with Crippen molar-refractivity contribution in [2.75, 3.05) is 11.9 Å². The first-order valence-corrected chi connectivity index (χ1v) is 9.76. The molecule has 2 aliphatic rings. The Bertz CT molecular complexity index is 1120. The molecule has 1 amide bonds. The molecule has 2 heterocycles. The molecule has 0 radical (unpaired) electrons. The Morgan fingerprint density at radius 1 is 1.18 bits per heavy atom. The Morgan fingerprint density at radius 3 is 2.75 bits per heavy atom. The van der Waals surface area contributed by atoms with Gasteiger partial charge < -0.3 is 15.0 Å². The number of anilines is 1. The molecule has 5 heteroatoms. The van der Waals surface area contributed by atoms with Gasteiger partial charge in [0.1, 0.15) is 5.92 Å². The van der Waals surface area contributed by atoms with Crippen LogP contribution in [-0.4, -0.2) is 23.5 Å². The fourth-order valence-electron chi connectivity index (χ4n) is 5.30. The van der Waals surface area contributed by atoms with Crippen LogP contribution in [0.15, 0.2) is 48.5 Å². The number of esters is 1. The average Bonchev–Trinajstić information content (AvgIpc) is 3.19. The maximum absolute atomic E-state index is 13.5. The fourth-order valence-corrected chi connectivity index (χ4v) is 5.30. The second-order valence-corrected chi connectivity index (χ2v) is 7.72. The molecule has 28 heavy (non-hydrogen) atoms. The molecule has 1 aliphatic heterocycles. The van der Waals surface area contributed by atoms with Crippen molar-refractivity contribution in [3.63, 3.8) is 0 Å². The Morgan fingerprint density at radius 2 is 1.93 bits per heavy atom. The van der Waals surface area contributed by atoms with Gasteiger partial charge in [-0.3, -0.25) is 9.59 Å². The highest BCUT2D eigenvalue weighted by Crippen LogP contribution is 2.57. The molecule has 0 saturated heterocycles. The summed E-state index contributed by atoms with van der Waals surface area (Å²) in [6.45, 7) is 4.14. The van der Waals surface area contributed by atoms with Crippen molar-refractivity contribution in [1.82, 2.24) is 4.98 Å². The zero-order valence-electron chi connectivity index (χ0n) is 15.9. The predicted molar refractivity (Wildman–Crippen MR) is 107 cm³/mol. The van der Waals surface area contributed by atoms with Gasteiger partial charge >= 0.3 is 5.97 Å². The van der Waals surface area contributed by atoms with Gasteiger partial charge in [-0.1, -0.05) is 43.3 Å². The molecule has 0 unspecified atom stereocenters. The average molecular weight is 374 g/mol. The summed E-state index contributed by atoms with van der Waals surface area (Å²) in [7, 11) is 0. The van der Waals surface area contributed by atoms with Gasteiger partial charge in [0.05, 0.1) is 12.0 Å². The SMILES string of the molecule is CCOC(=O)[C@H]1c2c([nH]c3ccccc23)C[C@H](C)[C@]12C(=O)Nc1ccccc12. The summed E-state index contributed by atoms with van der Waals surface area (Å²) in [6.07, 6.45) is 0.696. The zero-order chi connectivity index (χ0) is 19.5. The van der Waals surface area contributed by atoms with E-state index in [1.54, 1.807) is 6.92 Å². The van der Waals surface area contributed by atoms with Gasteiger partial charge in [0.15, 0.2) is 0 Å². The topological polar surface area (TPSA) is 71.2 Å². The van der Waals surface area contributed by atoms with E-state index in [1.165, 1.54) is 0 Å². The summed E-state index contributed by atoms with van der Waals surface area (Å²) in [5.41, 5.74) is 3.62. The van der Waals surface area contributed by atoms with Gasteiger partial charge in [0.25, 0.3) is 0 Å². The third-order valence-electron chi connectivity index (χ3n) is 6.38. The highest BCUT2D eigenvalue weighted by atomic mass is 16.5. The molecular formula is C23H22N2O3. The number of aromatic amines is 1. The Balaban J connectivity index is 1.85. The van der Waals surface area contributed by atoms with Crippen molar-refractivity contribution in [2.45, 2.75) is 31.6 Å². The third kappa shape index (κ3) is 2.02. The molecular weight excluding hydrogens is 352 g/mol. The van der Waals surface area contributed by atoms with Crippen molar-refractivity contribution in [1.29, 1.82) is 0 Å². The van der Waals surface area contributed by atoms with Gasteiger partial charge in [-0.25, -0.2) is 0 Å². The minimum absolute atomic E-state index is 0.0638. The Hall–Kier alpha value is -3.08. The number of hydrogen-bond acceptors (Lipinski definition) is 3. The van der Waals surface area contributed by atoms with Gasteiger partial charge in [-0.2, -0.15) is 0 Å². The van der Waals surface area contributed by atoms with Crippen LogP contribution in [0.25, 0.3) is 10.9 Å². The second kappa shape index (κ2) is 5.96. The van der Waals surface area contributed by atoms with Crippen LogP contribution in [0.3, 0.4) is 0 Å². The molecule has 3 aromatic rings. The van der Waals surface area contributed by atoms with Crippen LogP contribution in [0.1, 0.15) is 36.6 Å². The van der Waals surface area contributed by atoms with Gasteiger partial charge in [0.2, 0.25) is 5.91 Å². The van der Waals surface area contributed by atoms with Gasteiger partial charge in [-0.05, 0) is 42.5 Å². The van der Waals surface area contributed by atoms with E-state index >= 15 is 0 Å². The number of carbonyl (C=O) groups is 2. The number of amides is 1. The highest BCUT2D eigenvalue weighted by molar-refractivity contribution is 6.11. The molecule has 1 aliphatic carbocycles. The number of nitrogens with one attached hydrogen (secondary N) is 2. The number of aromatic nitrogens is 1. The number of fused-ring (bicyclic) bond motifs is 5. The van der Waals surface area contributed by atoms with Crippen molar-refractivity contribution < 1.29 is 14.3 Å². The lowest BCUT2D eigenvalue weighted by molar-refractivity contribution is -0.150. The number of ether oxygens (including phenoxy) is 1. The minimum atomic E-state index is -0.971. The molecule has 142 valence electrons.